The third-order valence-corrected chi connectivity index (χ3v) is 4.69. The molecule has 1 saturated heterocycles. The summed E-state index contributed by atoms with van der Waals surface area (Å²) in [5, 5.41) is 12.5. The smallest absolute Gasteiger partial charge is 0.166 e. The maximum Gasteiger partial charge on any atom is 0.166 e. The molecule has 1 aliphatic heterocycles. The molecule has 0 aliphatic carbocycles. The lowest BCUT2D eigenvalue weighted by Gasteiger charge is -2.11. The third kappa shape index (κ3) is 1.83. The van der Waals surface area contributed by atoms with Crippen LogP contribution in [0.1, 0.15) is 11.8 Å². The van der Waals surface area contributed by atoms with Gasteiger partial charge in [0.25, 0.3) is 0 Å². The summed E-state index contributed by atoms with van der Waals surface area (Å²) in [4.78, 5) is 12.9. The summed E-state index contributed by atoms with van der Waals surface area (Å²) >= 11 is 1.84. The second-order valence-corrected chi connectivity index (χ2v) is 5.58. The number of thioether (sulfide) groups is 1. The molecule has 2 atom stereocenters. The van der Waals surface area contributed by atoms with Crippen molar-refractivity contribution < 1.29 is 5.11 Å². The van der Waals surface area contributed by atoms with Crippen LogP contribution in [-0.2, 0) is 0 Å². The van der Waals surface area contributed by atoms with E-state index in [2.05, 4.69) is 24.8 Å². The van der Waals surface area contributed by atoms with Crippen molar-refractivity contribution in [2.45, 2.75) is 11.8 Å². The van der Waals surface area contributed by atoms with Gasteiger partial charge in [0.1, 0.15) is 11.8 Å². The van der Waals surface area contributed by atoms with Gasteiger partial charge in [-0.25, -0.2) is 15.0 Å². The van der Waals surface area contributed by atoms with Gasteiger partial charge in [-0.05, 0) is 12.3 Å². The maximum atomic E-state index is 9.20. The predicted octanol–water partition coefficient (Wildman–Crippen LogP) is 1.11. The van der Waals surface area contributed by atoms with Crippen LogP contribution in [0.4, 0.5) is 5.82 Å². The van der Waals surface area contributed by atoms with E-state index in [-0.39, 0.29) is 6.61 Å². The number of fused-ring (bicyclic) bond motifs is 1. The summed E-state index contributed by atoms with van der Waals surface area (Å²) in [5.74, 6) is 2.12. The van der Waals surface area contributed by atoms with E-state index in [4.69, 9.17) is 0 Å². The zero-order chi connectivity index (χ0) is 12.5. The second-order valence-electron chi connectivity index (χ2n) is 4.37. The summed E-state index contributed by atoms with van der Waals surface area (Å²) in [6.45, 7) is 0.257. The first-order valence-corrected chi connectivity index (χ1v) is 6.96. The number of aromatic nitrogens is 4. The number of anilines is 1. The highest BCUT2D eigenvalue weighted by molar-refractivity contribution is 7.99. The Kier molecular flexibility index (Phi) is 3.09. The Hall–Kier alpha value is -1.34. The van der Waals surface area contributed by atoms with Crippen molar-refractivity contribution in [3.63, 3.8) is 0 Å². The van der Waals surface area contributed by atoms with Gasteiger partial charge < -0.3 is 15.0 Å². The quantitative estimate of drug-likeness (QED) is 0.866. The number of hydrogen-bond donors (Lipinski definition) is 2. The molecule has 3 heterocycles. The van der Waals surface area contributed by atoms with Gasteiger partial charge in [-0.1, -0.05) is 0 Å². The Morgan fingerprint density at radius 2 is 2.39 bits per heavy atom. The summed E-state index contributed by atoms with van der Waals surface area (Å²) < 4.78 is 2.08. The van der Waals surface area contributed by atoms with E-state index >= 15 is 0 Å². The van der Waals surface area contributed by atoms with Crippen LogP contribution in [0.15, 0.2) is 12.7 Å². The zero-order valence-electron chi connectivity index (χ0n) is 10.1. The van der Waals surface area contributed by atoms with Gasteiger partial charge in [-0.15, -0.1) is 11.8 Å². The molecule has 1 fully saturated rings. The highest BCUT2D eigenvalue weighted by atomic mass is 32.2. The van der Waals surface area contributed by atoms with Crippen LogP contribution in [-0.4, -0.2) is 44.0 Å². The number of hydrogen-bond acceptors (Lipinski definition) is 6. The van der Waals surface area contributed by atoms with Crippen molar-refractivity contribution in [1.29, 1.82) is 0 Å². The summed E-state index contributed by atoms with van der Waals surface area (Å²) in [6.07, 6.45) is 4.33. The molecule has 1 aliphatic rings. The average molecular weight is 265 g/mol. The first-order valence-electron chi connectivity index (χ1n) is 5.91. The van der Waals surface area contributed by atoms with E-state index in [1.165, 1.54) is 0 Å². The van der Waals surface area contributed by atoms with Crippen molar-refractivity contribution in [3.8, 4) is 0 Å². The highest BCUT2D eigenvalue weighted by Crippen LogP contribution is 2.40. The molecule has 0 radical (unpaired) electrons. The summed E-state index contributed by atoms with van der Waals surface area (Å²) in [6, 6.07) is 0. The van der Waals surface area contributed by atoms with Gasteiger partial charge in [0.05, 0.1) is 11.7 Å². The lowest BCUT2D eigenvalue weighted by Crippen LogP contribution is -2.07. The van der Waals surface area contributed by atoms with Gasteiger partial charge in [-0.2, -0.15) is 0 Å². The predicted molar refractivity (Wildman–Crippen MR) is 71.6 cm³/mol. The van der Waals surface area contributed by atoms with Gasteiger partial charge in [-0.3, -0.25) is 0 Å². The standard InChI is InChI=1S/C11H15N5OS/c1-12-10-9-11(14-5-13-10)16(6-15-9)8-2-7(3-17)4-18-8/h5-8,17H,2-4H2,1H3,(H,12,13,14)/t7-,8-/m1/s1. The Bertz CT molecular complexity index is 557. The molecule has 2 aromatic heterocycles. The molecule has 0 saturated carbocycles. The molecule has 0 bridgehead atoms. The van der Waals surface area contributed by atoms with Crippen LogP contribution >= 0.6 is 11.8 Å². The number of aliphatic hydroxyl groups excluding tert-OH is 1. The molecule has 2 aromatic rings. The minimum Gasteiger partial charge on any atom is -0.396 e. The van der Waals surface area contributed by atoms with E-state index in [9.17, 15) is 5.11 Å². The van der Waals surface area contributed by atoms with Crippen molar-refractivity contribution in [2.75, 3.05) is 24.7 Å². The normalized spacial score (nSPS) is 23.7. The molecule has 96 valence electrons. The van der Waals surface area contributed by atoms with Crippen LogP contribution in [0.5, 0.6) is 0 Å². The van der Waals surface area contributed by atoms with Crippen molar-refractivity contribution in [3.05, 3.63) is 12.7 Å². The summed E-state index contributed by atoms with van der Waals surface area (Å²) in [5.41, 5.74) is 1.65. The molecule has 18 heavy (non-hydrogen) atoms. The maximum absolute atomic E-state index is 9.20. The van der Waals surface area contributed by atoms with E-state index in [0.717, 1.165) is 29.2 Å². The van der Waals surface area contributed by atoms with Crippen LogP contribution in [0.2, 0.25) is 0 Å². The van der Waals surface area contributed by atoms with Crippen molar-refractivity contribution >= 4 is 28.7 Å². The lowest BCUT2D eigenvalue weighted by molar-refractivity contribution is 0.233. The molecule has 0 spiro atoms. The second kappa shape index (κ2) is 4.74. The van der Waals surface area contributed by atoms with Crippen LogP contribution in [0, 0.1) is 5.92 Å². The Morgan fingerprint density at radius 1 is 1.50 bits per heavy atom. The van der Waals surface area contributed by atoms with Crippen molar-refractivity contribution in [1.82, 2.24) is 19.5 Å². The van der Waals surface area contributed by atoms with Crippen LogP contribution in [0.25, 0.3) is 11.2 Å². The zero-order valence-corrected chi connectivity index (χ0v) is 10.9. The van der Waals surface area contributed by atoms with E-state index in [1.807, 2.05) is 25.1 Å². The molecule has 0 amide bonds. The van der Waals surface area contributed by atoms with Crippen LogP contribution < -0.4 is 5.32 Å². The largest absolute Gasteiger partial charge is 0.396 e. The molecule has 3 rings (SSSR count). The van der Waals surface area contributed by atoms with Gasteiger partial charge in [0.15, 0.2) is 11.5 Å². The van der Waals surface area contributed by atoms with E-state index in [0.29, 0.717) is 11.3 Å². The number of nitrogens with one attached hydrogen (secondary N) is 1. The monoisotopic (exact) mass is 265 g/mol. The van der Waals surface area contributed by atoms with Crippen LogP contribution in [0.3, 0.4) is 0 Å². The summed E-state index contributed by atoms with van der Waals surface area (Å²) in [7, 11) is 1.83. The fourth-order valence-corrected chi connectivity index (χ4v) is 3.69. The molecule has 0 unspecified atom stereocenters. The minimum absolute atomic E-state index is 0.257. The SMILES string of the molecule is CNc1ncnc2c1ncn2[C@H]1C[C@H](CO)CS1. The molecular formula is C11H15N5OS. The molecule has 7 heteroatoms. The van der Waals surface area contributed by atoms with Gasteiger partial charge in [0.2, 0.25) is 0 Å². The topological polar surface area (TPSA) is 75.9 Å². The Balaban J connectivity index is 1.98. The lowest BCUT2D eigenvalue weighted by atomic mass is 10.1. The number of nitrogens with zero attached hydrogens (tertiary/aromatic N) is 4. The Morgan fingerprint density at radius 3 is 3.11 bits per heavy atom. The molecular weight excluding hydrogens is 250 g/mol. The number of rotatable bonds is 3. The van der Waals surface area contributed by atoms with E-state index in [1.54, 1.807) is 6.33 Å². The molecule has 0 aromatic carbocycles. The van der Waals surface area contributed by atoms with Gasteiger partial charge in [0, 0.05) is 19.4 Å². The fourth-order valence-electron chi connectivity index (χ4n) is 2.24. The van der Waals surface area contributed by atoms with E-state index < -0.39 is 0 Å². The molecule has 2 N–H and O–H groups in total. The first-order chi connectivity index (χ1) is 8.83. The number of imidazole rings is 1. The highest BCUT2D eigenvalue weighted by Gasteiger charge is 2.27. The fraction of sp³-hybridized carbons (Fsp3) is 0.545. The van der Waals surface area contributed by atoms with Crippen molar-refractivity contribution in [2.24, 2.45) is 5.92 Å². The third-order valence-electron chi connectivity index (χ3n) is 3.22. The number of aliphatic hydroxyl groups is 1. The first kappa shape index (κ1) is 11.7. The molecule has 6 nitrogen and oxygen atoms in total. The Labute approximate surface area is 109 Å². The average Bonchev–Trinajstić information content (AvgIpc) is 3.03. The minimum atomic E-state index is 0.257. The van der Waals surface area contributed by atoms with Gasteiger partial charge >= 0.3 is 0 Å².